The molecule has 0 fully saturated rings. The smallest absolute Gasteiger partial charge is 0.250 e. The summed E-state index contributed by atoms with van der Waals surface area (Å²) in [7, 11) is 1.57. The van der Waals surface area contributed by atoms with Gasteiger partial charge in [0.15, 0.2) is 0 Å². The molecule has 0 bridgehead atoms. The van der Waals surface area contributed by atoms with Crippen molar-refractivity contribution in [2.24, 2.45) is 0 Å². The molecule has 0 aliphatic rings. The molecular weight excluding hydrogens is 254 g/mol. The lowest BCUT2D eigenvalue weighted by atomic mass is 9.94. The van der Waals surface area contributed by atoms with Crippen LogP contribution in [-0.2, 0) is 0 Å². The number of ether oxygens (including phenoxy) is 1. The summed E-state index contributed by atoms with van der Waals surface area (Å²) in [5.74, 6) is 0.663. The van der Waals surface area contributed by atoms with Crippen molar-refractivity contribution in [1.82, 2.24) is 0 Å². The molecule has 4 nitrogen and oxygen atoms in total. The lowest BCUT2D eigenvalue weighted by molar-refractivity contribution is 0.415. The Balaban J connectivity index is 2.45. The molecule has 0 aliphatic carbocycles. The highest BCUT2D eigenvalue weighted by atomic mass is 16.5. The molecular formula is C16H19NO3. The van der Waals surface area contributed by atoms with E-state index in [4.69, 9.17) is 4.74 Å². The van der Waals surface area contributed by atoms with Gasteiger partial charge in [-0.05, 0) is 38.0 Å². The molecule has 20 heavy (non-hydrogen) atoms. The first-order valence-electron chi connectivity index (χ1n) is 6.65. The zero-order valence-corrected chi connectivity index (χ0v) is 12.2. The van der Waals surface area contributed by atoms with Gasteiger partial charge in [-0.1, -0.05) is 19.1 Å². The van der Waals surface area contributed by atoms with E-state index in [1.807, 2.05) is 26.8 Å². The van der Waals surface area contributed by atoms with Crippen molar-refractivity contribution >= 4 is 5.69 Å². The maximum absolute atomic E-state index is 11.9. The molecule has 0 amide bonds. The topological polar surface area (TPSA) is 55.4 Å². The van der Waals surface area contributed by atoms with E-state index in [0.29, 0.717) is 22.6 Å². The monoisotopic (exact) mass is 273 g/mol. The zero-order chi connectivity index (χ0) is 14.9. The van der Waals surface area contributed by atoms with Crippen LogP contribution in [0.4, 0.5) is 5.69 Å². The minimum atomic E-state index is -0.440. The van der Waals surface area contributed by atoms with Crippen LogP contribution < -0.4 is 20.9 Å². The minimum absolute atomic E-state index is 0.226. The van der Waals surface area contributed by atoms with Gasteiger partial charge in [-0.3, -0.25) is 9.59 Å². The Hall–Kier alpha value is -2.10. The van der Waals surface area contributed by atoms with Crippen LogP contribution in [0, 0.1) is 0 Å². The van der Waals surface area contributed by atoms with E-state index in [0.717, 1.165) is 6.42 Å². The summed E-state index contributed by atoms with van der Waals surface area (Å²) >= 11 is 0. The van der Waals surface area contributed by atoms with Crippen LogP contribution in [0.15, 0.2) is 33.9 Å². The third-order valence-electron chi connectivity index (χ3n) is 3.62. The van der Waals surface area contributed by atoms with Gasteiger partial charge in [0.25, 0.3) is 0 Å². The molecule has 0 radical (unpaired) electrons. The predicted octanol–water partition coefficient (Wildman–Crippen LogP) is 2.56. The Labute approximate surface area is 118 Å². The molecule has 0 spiro atoms. The average Bonchev–Trinajstić information content (AvgIpc) is 2.46. The van der Waals surface area contributed by atoms with E-state index in [1.165, 1.54) is 0 Å². The highest BCUT2D eigenvalue weighted by Crippen LogP contribution is 2.29. The molecule has 2 rings (SSSR count). The van der Waals surface area contributed by atoms with Crippen molar-refractivity contribution in [3.63, 3.8) is 0 Å². The maximum atomic E-state index is 11.9. The molecule has 0 aromatic heterocycles. The van der Waals surface area contributed by atoms with Crippen molar-refractivity contribution in [2.45, 2.75) is 32.7 Å². The Kier molecular flexibility index (Phi) is 3.66. The van der Waals surface area contributed by atoms with Gasteiger partial charge in [0, 0.05) is 5.54 Å². The van der Waals surface area contributed by atoms with Crippen molar-refractivity contribution in [3.8, 4) is 16.9 Å². The first kappa shape index (κ1) is 14.3. The second-order valence-electron chi connectivity index (χ2n) is 5.50. The first-order chi connectivity index (χ1) is 9.39. The summed E-state index contributed by atoms with van der Waals surface area (Å²) in [4.78, 5) is 23.7. The fourth-order valence-corrected chi connectivity index (χ4v) is 1.99. The van der Waals surface area contributed by atoms with Crippen LogP contribution >= 0.6 is 0 Å². The molecule has 106 valence electrons. The Morgan fingerprint density at radius 2 is 1.90 bits per heavy atom. The fourth-order valence-electron chi connectivity index (χ4n) is 1.99. The Morgan fingerprint density at radius 1 is 1.20 bits per heavy atom. The SMILES string of the molecule is CCC(C)(C)Nc1c(-c2cccc(OC)c2)c(=O)c1=O. The second-order valence-corrected chi connectivity index (χ2v) is 5.50. The van der Waals surface area contributed by atoms with Crippen molar-refractivity contribution in [3.05, 3.63) is 44.7 Å². The molecule has 4 heteroatoms. The maximum Gasteiger partial charge on any atom is 0.250 e. The highest BCUT2D eigenvalue weighted by Gasteiger charge is 2.26. The lowest BCUT2D eigenvalue weighted by Crippen LogP contribution is -2.42. The van der Waals surface area contributed by atoms with Gasteiger partial charge in [-0.25, -0.2) is 0 Å². The standard InChI is InChI=1S/C16H19NO3/c1-5-16(2,3)17-13-12(14(18)15(13)19)10-7-6-8-11(9-10)20-4/h6-9,17H,5H2,1-4H3. The van der Waals surface area contributed by atoms with Crippen LogP contribution in [-0.4, -0.2) is 12.6 Å². The van der Waals surface area contributed by atoms with Crippen LogP contribution in [0.25, 0.3) is 11.1 Å². The third-order valence-corrected chi connectivity index (χ3v) is 3.62. The van der Waals surface area contributed by atoms with Gasteiger partial charge in [0.2, 0.25) is 10.9 Å². The number of nitrogens with one attached hydrogen (secondary N) is 1. The summed E-state index contributed by atoms with van der Waals surface area (Å²) in [5.41, 5.74) is 0.474. The molecule has 0 saturated heterocycles. The molecule has 0 saturated carbocycles. The van der Waals surface area contributed by atoms with E-state index >= 15 is 0 Å². The Bertz CT molecular complexity index is 694. The van der Waals surface area contributed by atoms with Crippen LogP contribution in [0.2, 0.25) is 0 Å². The second kappa shape index (κ2) is 5.12. The van der Waals surface area contributed by atoms with E-state index in [9.17, 15) is 9.59 Å². The quantitative estimate of drug-likeness (QED) is 0.851. The van der Waals surface area contributed by atoms with Crippen molar-refractivity contribution in [2.75, 3.05) is 12.4 Å². The van der Waals surface area contributed by atoms with Crippen LogP contribution in [0.5, 0.6) is 5.75 Å². The van der Waals surface area contributed by atoms with Crippen LogP contribution in [0.3, 0.4) is 0 Å². The predicted molar refractivity (Wildman–Crippen MR) is 81.3 cm³/mol. The molecule has 2 aromatic rings. The molecule has 0 atom stereocenters. The summed E-state index contributed by atoms with van der Waals surface area (Å²) in [6.07, 6.45) is 0.851. The van der Waals surface area contributed by atoms with Gasteiger partial charge in [0.1, 0.15) is 5.75 Å². The number of benzene rings is 1. The fraction of sp³-hybridized carbons (Fsp3) is 0.375. The first-order valence-corrected chi connectivity index (χ1v) is 6.65. The number of anilines is 1. The largest absolute Gasteiger partial charge is 0.497 e. The van der Waals surface area contributed by atoms with Crippen molar-refractivity contribution in [1.29, 1.82) is 0 Å². The van der Waals surface area contributed by atoms with Crippen molar-refractivity contribution < 1.29 is 4.74 Å². The Morgan fingerprint density at radius 3 is 2.50 bits per heavy atom. The van der Waals surface area contributed by atoms with Gasteiger partial charge >= 0.3 is 0 Å². The van der Waals surface area contributed by atoms with E-state index in [2.05, 4.69) is 5.32 Å². The van der Waals surface area contributed by atoms with Gasteiger partial charge < -0.3 is 10.1 Å². The zero-order valence-electron chi connectivity index (χ0n) is 12.2. The van der Waals surface area contributed by atoms with E-state index in [1.54, 1.807) is 25.3 Å². The summed E-state index contributed by atoms with van der Waals surface area (Å²) in [6.45, 7) is 6.03. The molecule has 2 aromatic carbocycles. The number of hydrogen-bond donors (Lipinski definition) is 1. The van der Waals surface area contributed by atoms with E-state index in [-0.39, 0.29) is 5.54 Å². The number of methoxy groups -OCH3 is 1. The lowest BCUT2D eigenvalue weighted by Gasteiger charge is -2.27. The minimum Gasteiger partial charge on any atom is -0.497 e. The van der Waals surface area contributed by atoms with Gasteiger partial charge in [-0.2, -0.15) is 0 Å². The molecule has 0 heterocycles. The van der Waals surface area contributed by atoms with E-state index < -0.39 is 10.9 Å². The summed E-state index contributed by atoms with van der Waals surface area (Å²) in [6, 6.07) is 7.18. The summed E-state index contributed by atoms with van der Waals surface area (Å²) < 4.78 is 5.15. The molecule has 1 N–H and O–H groups in total. The van der Waals surface area contributed by atoms with Gasteiger partial charge in [0.05, 0.1) is 18.4 Å². The molecule has 0 aliphatic heterocycles. The third kappa shape index (κ3) is 2.46. The van der Waals surface area contributed by atoms with Gasteiger partial charge in [-0.15, -0.1) is 0 Å². The normalized spacial score (nSPS) is 11.6. The number of hydrogen-bond acceptors (Lipinski definition) is 4. The average molecular weight is 273 g/mol. The highest BCUT2D eigenvalue weighted by molar-refractivity contribution is 5.82. The number of rotatable bonds is 5. The summed E-state index contributed by atoms with van der Waals surface area (Å²) in [5, 5.41) is 3.18. The molecule has 0 unspecified atom stereocenters. The van der Waals surface area contributed by atoms with Crippen LogP contribution in [0.1, 0.15) is 27.2 Å².